The van der Waals surface area contributed by atoms with Crippen LogP contribution in [0.4, 0.5) is 0 Å². The van der Waals surface area contributed by atoms with Gasteiger partial charge in [-0.2, -0.15) is 0 Å². The fraction of sp³-hybridized carbons (Fsp3) is 0.400. The summed E-state index contributed by atoms with van der Waals surface area (Å²) in [4.78, 5) is 48.2. The van der Waals surface area contributed by atoms with Gasteiger partial charge < -0.3 is 21.7 Å². The van der Waals surface area contributed by atoms with Gasteiger partial charge in [0.25, 0.3) is 0 Å². The largest absolute Gasteiger partial charge is 0.368 e. The van der Waals surface area contributed by atoms with Gasteiger partial charge in [0.2, 0.25) is 23.6 Å². The van der Waals surface area contributed by atoms with Gasteiger partial charge in [-0.15, -0.1) is 12.3 Å². The van der Waals surface area contributed by atoms with E-state index >= 15 is 0 Å². The number of hydrogen-bond acceptors (Lipinski definition) is 4. The van der Waals surface area contributed by atoms with Gasteiger partial charge in [-0.05, 0) is 18.4 Å². The van der Waals surface area contributed by atoms with Crippen LogP contribution in [0.5, 0.6) is 0 Å². The predicted octanol–water partition coefficient (Wildman–Crippen LogP) is -0.624. The van der Waals surface area contributed by atoms with E-state index in [0.29, 0.717) is 25.7 Å². The number of rotatable bonds is 9. The van der Waals surface area contributed by atoms with Gasteiger partial charge >= 0.3 is 0 Å². The Bertz CT molecular complexity index is 772. The smallest absolute Gasteiger partial charge is 0.243 e. The lowest BCUT2D eigenvalue weighted by atomic mass is 10.0. The molecule has 0 bridgehead atoms. The van der Waals surface area contributed by atoms with Crippen LogP contribution in [0.3, 0.4) is 0 Å². The highest BCUT2D eigenvalue weighted by Gasteiger charge is 2.35. The number of benzene rings is 1. The van der Waals surface area contributed by atoms with Crippen LogP contribution in [0.1, 0.15) is 31.2 Å². The van der Waals surface area contributed by atoms with Crippen LogP contribution in [0.15, 0.2) is 30.3 Å². The number of piperazine rings is 1. The molecule has 0 aromatic heterocycles. The molecular formula is C20H24N4O4. The number of terminal acetylenes is 1. The van der Waals surface area contributed by atoms with E-state index in [2.05, 4.69) is 21.9 Å². The Morgan fingerprint density at radius 3 is 2.43 bits per heavy atom. The fourth-order valence-corrected chi connectivity index (χ4v) is 2.95. The minimum Gasteiger partial charge on any atom is -0.368 e. The Hall–Kier alpha value is -3.34. The lowest BCUT2D eigenvalue weighted by Gasteiger charge is -2.29. The van der Waals surface area contributed by atoms with Crippen molar-refractivity contribution in [2.24, 2.45) is 5.73 Å². The van der Waals surface area contributed by atoms with Crippen molar-refractivity contribution in [1.29, 1.82) is 0 Å². The van der Waals surface area contributed by atoms with Gasteiger partial charge in [-0.25, -0.2) is 0 Å². The van der Waals surface area contributed by atoms with Crippen LogP contribution in [0.2, 0.25) is 0 Å². The van der Waals surface area contributed by atoms with E-state index in [1.54, 1.807) is 0 Å². The molecule has 5 N–H and O–H groups in total. The molecule has 0 saturated carbocycles. The summed E-state index contributed by atoms with van der Waals surface area (Å²) in [5, 5.41) is 7.71. The van der Waals surface area contributed by atoms with E-state index in [-0.39, 0.29) is 12.3 Å². The Morgan fingerprint density at radius 2 is 1.79 bits per heavy atom. The predicted molar refractivity (Wildman–Crippen MR) is 102 cm³/mol. The molecule has 28 heavy (non-hydrogen) atoms. The second kappa shape index (κ2) is 10.1. The molecule has 1 aromatic carbocycles. The van der Waals surface area contributed by atoms with Crippen LogP contribution in [0, 0.1) is 12.3 Å². The molecule has 1 fully saturated rings. The zero-order valence-electron chi connectivity index (χ0n) is 15.4. The first-order valence-corrected chi connectivity index (χ1v) is 9.07. The molecule has 2 rings (SSSR count). The van der Waals surface area contributed by atoms with Gasteiger partial charge in [-0.3, -0.25) is 19.2 Å². The molecule has 148 valence electrons. The van der Waals surface area contributed by atoms with E-state index in [4.69, 9.17) is 12.2 Å². The Labute approximate surface area is 163 Å². The number of unbranched alkanes of at least 4 members (excludes halogenated alkanes) is 1. The quantitative estimate of drug-likeness (QED) is 0.334. The van der Waals surface area contributed by atoms with Gasteiger partial charge in [0.05, 0.1) is 6.42 Å². The van der Waals surface area contributed by atoms with E-state index < -0.39 is 35.8 Å². The molecule has 0 unspecified atom stereocenters. The molecule has 1 aliphatic heterocycles. The summed E-state index contributed by atoms with van der Waals surface area (Å²) < 4.78 is 0. The lowest BCUT2D eigenvalue weighted by Crippen LogP contribution is -2.63. The average molecular weight is 384 g/mol. The molecule has 1 saturated heterocycles. The molecule has 3 atom stereocenters. The molecule has 1 heterocycles. The minimum absolute atomic E-state index is 0.283. The summed E-state index contributed by atoms with van der Waals surface area (Å²) in [6.07, 6.45) is 6.55. The van der Waals surface area contributed by atoms with Crippen LogP contribution in [-0.2, 0) is 25.6 Å². The Morgan fingerprint density at radius 1 is 1.14 bits per heavy atom. The number of carbonyl (C=O) groups excluding carboxylic acids is 4. The van der Waals surface area contributed by atoms with Crippen molar-refractivity contribution in [3.8, 4) is 12.3 Å². The molecule has 1 aromatic rings. The molecule has 8 heteroatoms. The second-order valence-electron chi connectivity index (χ2n) is 6.64. The summed E-state index contributed by atoms with van der Waals surface area (Å²) >= 11 is 0. The average Bonchev–Trinajstić information content (AvgIpc) is 2.66. The van der Waals surface area contributed by atoms with Crippen molar-refractivity contribution in [2.45, 2.75) is 50.2 Å². The third-order valence-corrected chi connectivity index (χ3v) is 4.43. The van der Waals surface area contributed by atoms with Crippen molar-refractivity contribution >= 4 is 23.6 Å². The highest BCUT2D eigenvalue weighted by Crippen LogP contribution is 2.09. The minimum atomic E-state index is -1.00. The van der Waals surface area contributed by atoms with E-state index in [1.807, 2.05) is 30.3 Å². The molecule has 0 spiro atoms. The van der Waals surface area contributed by atoms with Crippen molar-refractivity contribution < 1.29 is 19.2 Å². The summed E-state index contributed by atoms with van der Waals surface area (Å²) in [5.74, 6) is 0.418. The first kappa shape index (κ1) is 21.0. The summed E-state index contributed by atoms with van der Waals surface area (Å²) in [7, 11) is 0. The van der Waals surface area contributed by atoms with E-state index in [9.17, 15) is 19.2 Å². The van der Waals surface area contributed by atoms with Crippen molar-refractivity contribution in [1.82, 2.24) is 16.0 Å². The molecular weight excluding hydrogens is 360 g/mol. The third-order valence-electron chi connectivity index (χ3n) is 4.43. The zero-order valence-corrected chi connectivity index (χ0v) is 15.4. The van der Waals surface area contributed by atoms with Crippen LogP contribution >= 0.6 is 0 Å². The van der Waals surface area contributed by atoms with Crippen molar-refractivity contribution in [3.05, 3.63) is 35.9 Å². The van der Waals surface area contributed by atoms with Crippen LogP contribution in [0.25, 0.3) is 0 Å². The molecule has 8 nitrogen and oxygen atoms in total. The van der Waals surface area contributed by atoms with Crippen molar-refractivity contribution in [2.75, 3.05) is 0 Å². The fourth-order valence-electron chi connectivity index (χ4n) is 2.95. The monoisotopic (exact) mass is 384 g/mol. The number of hydrogen-bond donors (Lipinski definition) is 4. The summed E-state index contributed by atoms with van der Waals surface area (Å²) in [6, 6.07) is 6.73. The topological polar surface area (TPSA) is 130 Å². The normalized spacial score (nSPS) is 19.7. The number of nitrogens with one attached hydrogen (secondary N) is 3. The van der Waals surface area contributed by atoms with Gasteiger partial charge in [-0.1, -0.05) is 30.3 Å². The molecule has 4 amide bonds. The Kier molecular flexibility index (Phi) is 7.57. The first-order valence-electron chi connectivity index (χ1n) is 9.07. The molecule has 0 aliphatic carbocycles. The SMILES string of the molecule is C#CCCC[C@@H](NC(=O)C[C@@H]1NC(=O)[C@H](Cc2ccccc2)NC1=O)C(N)=O. The molecule has 0 radical (unpaired) electrons. The molecule has 1 aliphatic rings. The highest BCUT2D eigenvalue weighted by atomic mass is 16.2. The summed E-state index contributed by atoms with van der Waals surface area (Å²) in [5.41, 5.74) is 6.20. The number of amides is 4. The van der Waals surface area contributed by atoms with Gasteiger partial charge in [0.15, 0.2) is 0 Å². The third kappa shape index (κ3) is 6.13. The Balaban J connectivity index is 1.88. The first-order chi connectivity index (χ1) is 13.4. The van der Waals surface area contributed by atoms with E-state index in [1.165, 1.54) is 0 Å². The van der Waals surface area contributed by atoms with Crippen molar-refractivity contribution in [3.63, 3.8) is 0 Å². The van der Waals surface area contributed by atoms with Gasteiger partial charge in [0, 0.05) is 12.8 Å². The van der Waals surface area contributed by atoms with Gasteiger partial charge in [0.1, 0.15) is 18.1 Å². The maximum atomic E-state index is 12.3. The van der Waals surface area contributed by atoms with E-state index in [0.717, 1.165) is 5.56 Å². The van der Waals surface area contributed by atoms with Crippen LogP contribution < -0.4 is 21.7 Å². The maximum absolute atomic E-state index is 12.3. The zero-order chi connectivity index (χ0) is 20.5. The second-order valence-corrected chi connectivity index (χ2v) is 6.64. The summed E-state index contributed by atoms with van der Waals surface area (Å²) in [6.45, 7) is 0. The number of nitrogens with two attached hydrogens (primary N) is 1. The lowest BCUT2D eigenvalue weighted by molar-refractivity contribution is -0.138. The number of primary amides is 1. The highest BCUT2D eigenvalue weighted by molar-refractivity contribution is 5.99. The maximum Gasteiger partial charge on any atom is 0.243 e. The van der Waals surface area contributed by atoms with Crippen LogP contribution in [-0.4, -0.2) is 41.8 Å². The standard InChI is InChI=1S/C20H24N4O4/c1-2-3-5-10-14(18(21)26)22-17(25)12-16-20(28)23-15(19(27)24-16)11-13-8-6-4-7-9-13/h1,4,6-9,14-16H,3,5,10-12H2,(H2,21,26)(H,22,25)(H,23,28)(H,24,27)/t14-,15+,16+/m1/s1. The number of carbonyl (C=O) groups is 4.